The first-order chi connectivity index (χ1) is 13.8. The molecule has 0 N–H and O–H groups in total. The van der Waals surface area contributed by atoms with Gasteiger partial charge in [0.2, 0.25) is 0 Å². The Kier molecular flexibility index (Phi) is 34.5. The number of ether oxygens (including phenoxy) is 1. The quantitative estimate of drug-likeness (QED) is 0.251. The van der Waals surface area contributed by atoms with Gasteiger partial charge in [-0.15, -0.1) is 0 Å². The number of unbranched alkanes of at least 4 members (excludes halogenated alkanes) is 1. The van der Waals surface area contributed by atoms with Gasteiger partial charge in [0.1, 0.15) is 5.78 Å². The summed E-state index contributed by atoms with van der Waals surface area (Å²) in [5.41, 5.74) is 1.88. The van der Waals surface area contributed by atoms with Crippen molar-refractivity contribution in [2.45, 2.75) is 101 Å². The maximum atomic E-state index is 11.5. The van der Waals surface area contributed by atoms with E-state index < -0.39 is 0 Å². The summed E-state index contributed by atoms with van der Waals surface area (Å²) in [6, 6.07) is 7.59. The molecule has 0 amide bonds. The van der Waals surface area contributed by atoms with Crippen LogP contribution in [0.2, 0.25) is 0 Å². The number of hydrogen-bond donors (Lipinski definition) is 0. The van der Waals surface area contributed by atoms with Crippen LogP contribution in [0.1, 0.15) is 111 Å². The molecule has 0 spiro atoms. The molecule has 170 valence electrons. The number of hydrogen-bond acceptors (Lipinski definition) is 4. The van der Waals surface area contributed by atoms with Gasteiger partial charge in [0.15, 0.2) is 0 Å². The van der Waals surface area contributed by atoms with Gasteiger partial charge in [-0.25, -0.2) is 4.79 Å². The number of esters is 1. The summed E-state index contributed by atoms with van der Waals surface area (Å²) in [6.07, 6.45) is 4.68. The van der Waals surface area contributed by atoms with E-state index in [9.17, 15) is 9.59 Å². The highest BCUT2D eigenvalue weighted by Crippen LogP contribution is 2.06. The molecule has 1 aromatic carbocycles. The highest BCUT2D eigenvalue weighted by atomic mass is 32.1. The van der Waals surface area contributed by atoms with Crippen molar-refractivity contribution in [3.63, 3.8) is 0 Å². The van der Waals surface area contributed by atoms with E-state index in [4.69, 9.17) is 4.74 Å². The molecular weight excluding hydrogens is 380 g/mol. The van der Waals surface area contributed by atoms with E-state index in [2.05, 4.69) is 26.1 Å². The van der Waals surface area contributed by atoms with Crippen LogP contribution >= 0.6 is 12.2 Å². The van der Waals surface area contributed by atoms with Crippen LogP contribution in [0.3, 0.4) is 0 Å². The van der Waals surface area contributed by atoms with E-state index in [0.29, 0.717) is 12.2 Å². The van der Waals surface area contributed by atoms with Gasteiger partial charge in [-0.05, 0) is 62.6 Å². The fraction of sp³-hybridized carbons (Fsp3) is 0.640. The first kappa shape index (κ1) is 34.9. The molecule has 0 atom stereocenters. The van der Waals surface area contributed by atoms with Crippen LogP contribution in [0.4, 0.5) is 0 Å². The number of thiocarbonyl (C=S) groups is 1. The number of benzene rings is 1. The molecule has 0 bridgehead atoms. The normalized spacial score (nSPS) is 8.21. The summed E-state index contributed by atoms with van der Waals surface area (Å²) >= 11 is 4.54. The molecule has 0 aliphatic heterocycles. The van der Waals surface area contributed by atoms with E-state index in [1.165, 1.54) is 5.56 Å². The number of Topliss-reactive ketones (excluding diaryl/α,β-unsaturated/α-hetero) is 1. The Bertz CT molecular complexity index is 489. The van der Waals surface area contributed by atoms with Crippen LogP contribution in [0.15, 0.2) is 24.3 Å². The third kappa shape index (κ3) is 31.4. The molecule has 0 aliphatic rings. The molecule has 0 saturated carbocycles. The van der Waals surface area contributed by atoms with Crippen LogP contribution in [0, 0.1) is 0 Å². The predicted molar refractivity (Wildman–Crippen MR) is 133 cm³/mol. The minimum absolute atomic E-state index is 0.217. The highest BCUT2D eigenvalue weighted by Gasteiger charge is 2.05. The predicted octanol–water partition coefficient (Wildman–Crippen LogP) is 8.03. The summed E-state index contributed by atoms with van der Waals surface area (Å²) < 4.78 is 5.10. The molecule has 0 aliphatic carbocycles. The van der Waals surface area contributed by atoms with Gasteiger partial charge in [0.25, 0.3) is 0 Å². The molecule has 0 radical (unpaired) electrons. The van der Waals surface area contributed by atoms with E-state index in [0.717, 1.165) is 37.0 Å². The first-order valence-corrected chi connectivity index (χ1v) is 11.4. The third-order valence-corrected chi connectivity index (χ3v) is 2.93. The Balaban J connectivity index is -0.000000185. The standard InChI is InChI=1S/C13H18O2.C5H10O.C3H6S.2C2H6/c1-3-5-10-15-13(14)12-8-6-11(4-2)7-9-12;1-3-4-5(2)6;1-3(2)4;2*1-2/h6-9H,3-5,10H2,1-2H3;3-4H2,1-2H3;1-2H3;2*1-2H3. The summed E-state index contributed by atoms with van der Waals surface area (Å²) in [5.74, 6) is 0.0728. The second kappa shape index (κ2) is 28.7. The number of ketones is 1. The van der Waals surface area contributed by atoms with Crippen LogP contribution in [0.5, 0.6) is 0 Å². The summed E-state index contributed by atoms with van der Waals surface area (Å²) in [6.45, 7) is 20.1. The molecule has 29 heavy (non-hydrogen) atoms. The lowest BCUT2D eigenvalue weighted by Gasteiger charge is -2.04. The largest absolute Gasteiger partial charge is 0.462 e. The van der Waals surface area contributed by atoms with E-state index >= 15 is 0 Å². The maximum Gasteiger partial charge on any atom is 0.338 e. The van der Waals surface area contributed by atoms with Crippen molar-refractivity contribution < 1.29 is 14.3 Å². The molecule has 0 aromatic heterocycles. The van der Waals surface area contributed by atoms with Crippen molar-refractivity contribution in [1.82, 2.24) is 0 Å². The lowest BCUT2D eigenvalue weighted by atomic mass is 10.1. The van der Waals surface area contributed by atoms with E-state index in [-0.39, 0.29) is 11.8 Å². The number of aryl methyl sites for hydroxylation is 1. The van der Waals surface area contributed by atoms with Gasteiger partial charge in [-0.3, -0.25) is 0 Å². The average molecular weight is 427 g/mol. The summed E-state index contributed by atoms with van der Waals surface area (Å²) in [7, 11) is 0. The Morgan fingerprint density at radius 3 is 1.59 bits per heavy atom. The Morgan fingerprint density at radius 1 is 0.862 bits per heavy atom. The minimum Gasteiger partial charge on any atom is -0.462 e. The lowest BCUT2D eigenvalue weighted by Crippen LogP contribution is -2.06. The number of carbonyl (C=O) groups excluding carboxylic acids is 2. The third-order valence-electron chi connectivity index (χ3n) is 2.93. The molecule has 1 aromatic rings. The van der Waals surface area contributed by atoms with Gasteiger partial charge >= 0.3 is 5.97 Å². The van der Waals surface area contributed by atoms with Crippen LogP contribution in [-0.2, 0) is 16.0 Å². The number of rotatable bonds is 7. The second-order valence-electron chi connectivity index (χ2n) is 5.90. The maximum absolute atomic E-state index is 11.5. The van der Waals surface area contributed by atoms with Crippen LogP contribution in [-0.4, -0.2) is 23.2 Å². The fourth-order valence-electron chi connectivity index (χ4n) is 1.62. The van der Waals surface area contributed by atoms with Crippen LogP contribution in [0.25, 0.3) is 0 Å². The summed E-state index contributed by atoms with van der Waals surface area (Å²) in [5, 5.41) is 0. The Morgan fingerprint density at radius 2 is 1.31 bits per heavy atom. The summed E-state index contributed by atoms with van der Waals surface area (Å²) in [4.78, 5) is 22.5. The number of carbonyl (C=O) groups is 2. The molecule has 4 heteroatoms. The SMILES string of the molecule is CC.CC.CC(C)=S.CCCC(C)=O.CCCCOC(=O)c1ccc(CC)cc1. The van der Waals surface area contributed by atoms with Crippen LogP contribution < -0.4 is 0 Å². The van der Waals surface area contributed by atoms with Crippen molar-refractivity contribution in [1.29, 1.82) is 0 Å². The van der Waals surface area contributed by atoms with Crippen molar-refractivity contribution in [2.75, 3.05) is 6.61 Å². The minimum atomic E-state index is -0.217. The van der Waals surface area contributed by atoms with E-state index in [1.54, 1.807) is 6.92 Å². The zero-order chi connectivity index (χ0) is 23.7. The van der Waals surface area contributed by atoms with Crippen molar-refractivity contribution >= 4 is 28.8 Å². The fourth-order valence-corrected chi connectivity index (χ4v) is 1.62. The zero-order valence-corrected chi connectivity index (χ0v) is 21.5. The molecule has 1 rings (SSSR count). The van der Waals surface area contributed by atoms with Gasteiger partial charge in [0, 0.05) is 6.42 Å². The first-order valence-electron chi connectivity index (χ1n) is 11.0. The monoisotopic (exact) mass is 426 g/mol. The van der Waals surface area contributed by atoms with Gasteiger partial charge in [-0.2, -0.15) is 0 Å². The van der Waals surface area contributed by atoms with Gasteiger partial charge in [-0.1, -0.05) is 79.2 Å². The van der Waals surface area contributed by atoms with Crippen molar-refractivity contribution in [3.05, 3.63) is 35.4 Å². The molecule has 0 heterocycles. The molecule has 0 fully saturated rings. The van der Waals surface area contributed by atoms with Crippen molar-refractivity contribution in [2.24, 2.45) is 0 Å². The van der Waals surface area contributed by atoms with Gasteiger partial charge in [0.05, 0.1) is 12.2 Å². The molecule has 0 saturated heterocycles. The Labute approximate surface area is 186 Å². The molecule has 3 nitrogen and oxygen atoms in total. The Hall–Kier alpha value is -1.55. The zero-order valence-electron chi connectivity index (χ0n) is 20.7. The molecule has 0 unspecified atom stereocenters. The van der Waals surface area contributed by atoms with Crippen molar-refractivity contribution in [3.8, 4) is 0 Å². The smallest absolute Gasteiger partial charge is 0.338 e. The lowest BCUT2D eigenvalue weighted by molar-refractivity contribution is -0.117. The second-order valence-corrected chi connectivity index (χ2v) is 6.72. The van der Waals surface area contributed by atoms with Gasteiger partial charge < -0.3 is 9.53 Å². The topological polar surface area (TPSA) is 43.4 Å². The molecular formula is C25H46O3S. The highest BCUT2D eigenvalue weighted by molar-refractivity contribution is 7.80. The van der Waals surface area contributed by atoms with E-state index in [1.807, 2.05) is 72.7 Å². The average Bonchev–Trinajstić information content (AvgIpc) is 2.71.